The zero-order valence-corrected chi connectivity index (χ0v) is 7.23. The summed E-state index contributed by atoms with van der Waals surface area (Å²) < 4.78 is 38.9. The third-order valence-electron chi connectivity index (χ3n) is 1.20. The molecular weight excluding hydrogens is 187 g/mol. The quantitative estimate of drug-likeness (QED) is 0.590. The van der Waals surface area contributed by atoms with Crippen LogP contribution in [0.15, 0.2) is 0 Å². The molecule has 13 heavy (non-hydrogen) atoms. The number of hydrogen-bond donors (Lipinski definition) is 2. The van der Waals surface area contributed by atoms with E-state index in [0.29, 0.717) is 19.5 Å². The zero-order valence-electron chi connectivity index (χ0n) is 7.23. The van der Waals surface area contributed by atoms with Crippen LogP contribution in [0, 0.1) is 0 Å². The van der Waals surface area contributed by atoms with E-state index in [1.807, 2.05) is 0 Å². The fourth-order valence-electron chi connectivity index (χ4n) is 0.691. The second-order valence-electron chi connectivity index (χ2n) is 2.49. The highest BCUT2D eigenvalue weighted by Crippen LogP contribution is 2.14. The monoisotopic (exact) mass is 201 g/mol. The van der Waals surface area contributed by atoms with Gasteiger partial charge in [-0.25, -0.2) is 0 Å². The molecule has 80 valence electrons. The van der Waals surface area contributed by atoms with Crippen molar-refractivity contribution >= 4 is 0 Å². The number of alkyl halides is 3. The number of ether oxygens (including phenoxy) is 1. The minimum absolute atomic E-state index is 0.0312. The van der Waals surface area contributed by atoms with E-state index in [-0.39, 0.29) is 13.2 Å². The summed E-state index contributed by atoms with van der Waals surface area (Å²) in [5.41, 5.74) is 0. The van der Waals surface area contributed by atoms with Gasteiger partial charge in [-0.3, -0.25) is 0 Å². The Labute approximate surface area is 74.9 Å². The Hall–Kier alpha value is -0.330. The van der Waals surface area contributed by atoms with Crippen LogP contribution >= 0.6 is 0 Å². The van der Waals surface area contributed by atoms with Crippen LogP contribution in [0.1, 0.15) is 6.42 Å². The Morgan fingerprint density at radius 1 is 1.23 bits per heavy atom. The van der Waals surface area contributed by atoms with E-state index in [9.17, 15) is 13.2 Å². The molecule has 0 aromatic rings. The van der Waals surface area contributed by atoms with Crippen molar-refractivity contribution in [1.82, 2.24) is 5.32 Å². The number of hydrogen-bond acceptors (Lipinski definition) is 3. The van der Waals surface area contributed by atoms with Crippen molar-refractivity contribution in [3.8, 4) is 0 Å². The van der Waals surface area contributed by atoms with Crippen molar-refractivity contribution in [2.75, 3.05) is 32.9 Å². The lowest BCUT2D eigenvalue weighted by Crippen LogP contribution is -2.22. The molecule has 0 unspecified atom stereocenters. The maximum Gasteiger partial charge on any atom is 0.411 e. The van der Waals surface area contributed by atoms with E-state index in [0.717, 1.165) is 0 Å². The van der Waals surface area contributed by atoms with Crippen LogP contribution in [-0.4, -0.2) is 44.2 Å². The Bertz CT molecular complexity index is 119. The van der Waals surface area contributed by atoms with Crippen LogP contribution in [-0.2, 0) is 4.74 Å². The molecule has 0 saturated heterocycles. The molecule has 0 bridgehead atoms. The summed E-state index contributed by atoms with van der Waals surface area (Å²) in [7, 11) is 0. The second-order valence-corrected chi connectivity index (χ2v) is 2.49. The average Bonchev–Trinajstić information content (AvgIpc) is 2.01. The first-order chi connectivity index (χ1) is 6.06. The van der Waals surface area contributed by atoms with Gasteiger partial charge in [-0.15, -0.1) is 0 Å². The summed E-state index contributed by atoms with van der Waals surface area (Å²) >= 11 is 0. The van der Waals surface area contributed by atoms with E-state index in [1.54, 1.807) is 0 Å². The van der Waals surface area contributed by atoms with E-state index in [2.05, 4.69) is 10.1 Å². The van der Waals surface area contributed by atoms with Crippen LogP contribution in [0.25, 0.3) is 0 Å². The van der Waals surface area contributed by atoms with E-state index >= 15 is 0 Å². The Morgan fingerprint density at radius 3 is 2.46 bits per heavy atom. The van der Waals surface area contributed by atoms with Gasteiger partial charge in [0.15, 0.2) is 0 Å². The van der Waals surface area contributed by atoms with Gasteiger partial charge in [-0.2, -0.15) is 13.2 Å². The number of halogens is 3. The maximum absolute atomic E-state index is 11.5. The van der Waals surface area contributed by atoms with Crippen LogP contribution in [0.4, 0.5) is 13.2 Å². The molecule has 0 rings (SSSR count). The highest BCUT2D eigenvalue weighted by Gasteiger charge is 2.26. The highest BCUT2D eigenvalue weighted by molar-refractivity contribution is 4.48. The third-order valence-corrected chi connectivity index (χ3v) is 1.20. The zero-order chi connectivity index (χ0) is 10.2. The van der Waals surface area contributed by atoms with Crippen molar-refractivity contribution in [1.29, 1.82) is 0 Å². The molecule has 0 atom stereocenters. The summed E-state index contributed by atoms with van der Waals surface area (Å²) in [4.78, 5) is 0. The smallest absolute Gasteiger partial charge is 0.395 e. The molecule has 0 spiro atoms. The fourth-order valence-corrected chi connectivity index (χ4v) is 0.691. The molecule has 0 amide bonds. The van der Waals surface area contributed by atoms with Gasteiger partial charge in [0.25, 0.3) is 0 Å². The van der Waals surface area contributed by atoms with Gasteiger partial charge in [-0.1, -0.05) is 0 Å². The molecule has 0 aliphatic rings. The number of nitrogens with one attached hydrogen (secondary N) is 1. The molecule has 3 nitrogen and oxygen atoms in total. The SMILES string of the molecule is OCCNCCCOCC(F)(F)F. The summed E-state index contributed by atoms with van der Waals surface area (Å²) in [6.07, 6.45) is -3.73. The Morgan fingerprint density at radius 2 is 1.92 bits per heavy atom. The lowest BCUT2D eigenvalue weighted by atomic mass is 10.4. The first kappa shape index (κ1) is 12.7. The molecule has 0 aromatic carbocycles. The van der Waals surface area contributed by atoms with Gasteiger partial charge >= 0.3 is 6.18 Å². The minimum atomic E-state index is -4.24. The Kier molecular flexibility index (Phi) is 6.93. The molecule has 0 aromatic heterocycles. The van der Waals surface area contributed by atoms with Crippen molar-refractivity contribution in [2.24, 2.45) is 0 Å². The standard InChI is InChI=1S/C7H14F3NO2/c8-7(9,10)6-13-5-1-2-11-3-4-12/h11-12H,1-6H2. The van der Waals surface area contributed by atoms with Gasteiger partial charge in [-0.05, 0) is 13.0 Å². The molecule has 0 saturated carbocycles. The first-order valence-electron chi connectivity index (χ1n) is 4.02. The number of rotatable bonds is 7. The van der Waals surface area contributed by atoms with Crippen molar-refractivity contribution in [3.63, 3.8) is 0 Å². The maximum atomic E-state index is 11.5. The van der Waals surface area contributed by atoms with Gasteiger partial charge in [0.1, 0.15) is 6.61 Å². The van der Waals surface area contributed by atoms with E-state index in [4.69, 9.17) is 5.11 Å². The summed E-state index contributed by atoms with van der Waals surface area (Å²) in [6, 6.07) is 0. The molecule has 0 aliphatic heterocycles. The molecule has 0 aliphatic carbocycles. The van der Waals surface area contributed by atoms with Gasteiger partial charge < -0.3 is 15.2 Å². The van der Waals surface area contributed by atoms with E-state index in [1.165, 1.54) is 0 Å². The molecule has 6 heteroatoms. The van der Waals surface area contributed by atoms with Gasteiger partial charge in [0, 0.05) is 13.2 Å². The topological polar surface area (TPSA) is 41.5 Å². The van der Waals surface area contributed by atoms with Crippen LogP contribution in [0.2, 0.25) is 0 Å². The molecule has 2 N–H and O–H groups in total. The summed E-state index contributed by atoms with van der Waals surface area (Å²) in [5.74, 6) is 0. The predicted octanol–water partition coefficient (Wildman–Crippen LogP) is 0.537. The summed E-state index contributed by atoms with van der Waals surface area (Å²) in [5, 5.41) is 11.2. The predicted molar refractivity (Wildman–Crippen MR) is 41.4 cm³/mol. The third kappa shape index (κ3) is 11.7. The average molecular weight is 201 g/mol. The van der Waals surface area contributed by atoms with E-state index < -0.39 is 12.8 Å². The van der Waals surface area contributed by atoms with Crippen molar-refractivity contribution in [3.05, 3.63) is 0 Å². The molecule has 0 fully saturated rings. The molecular formula is C7H14F3NO2. The first-order valence-corrected chi connectivity index (χ1v) is 4.02. The normalized spacial score (nSPS) is 12.0. The molecule has 0 heterocycles. The Balaban J connectivity index is 3.00. The van der Waals surface area contributed by atoms with Gasteiger partial charge in [0.2, 0.25) is 0 Å². The minimum Gasteiger partial charge on any atom is -0.395 e. The highest BCUT2D eigenvalue weighted by atomic mass is 19.4. The van der Waals surface area contributed by atoms with Crippen molar-refractivity contribution in [2.45, 2.75) is 12.6 Å². The van der Waals surface area contributed by atoms with Crippen LogP contribution in [0.5, 0.6) is 0 Å². The van der Waals surface area contributed by atoms with Crippen LogP contribution < -0.4 is 5.32 Å². The van der Waals surface area contributed by atoms with Gasteiger partial charge in [0.05, 0.1) is 6.61 Å². The lowest BCUT2D eigenvalue weighted by Gasteiger charge is -2.07. The fraction of sp³-hybridized carbons (Fsp3) is 1.00. The number of aliphatic hydroxyl groups excluding tert-OH is 1. The lowest BCUT2D eigenvalue weighted by molar-refractivity contribution is -0.173. The molecule has 0 radical (unpaired) electrons. The largest absolute Gasteiger partial charge is 0.411 e. The summed E-state index contributed by atoms with van der Waals surface area (Å²) in [6.45, 7) is -0.0635. The van der Waals surface area contributed by atoms with Crippen LogP contribution in [0.3, 0.4) is 0 Å². The number of aliphatic hydroxyl groups is 1. The van der Waals surface area contributed by atoms with Crippen molar-refractivity contribution < 1.29 is 23.0 Å². The second kappa shape index (κ2) is 7.11.